The van der Waals surface area contributed by atoms with Crippen LogP contribution in [-0.2, 0) is 7.05 Å². The molecule has 4 rings (SSSR count). The fourth-order valence-electron chi connectivity index (χ4n) is 3.14. The number of aromatic nitrogens is 3. The first-order valence-corrected chi connectivity index (χ1v) is 8.33. The highest BCUT2D eigenvalue weighted by Gasteiger charge is 2.20. The van der Waals surface area contributed by atoms with Gasteiger partial charge in [-0.15, -0.1) is 0 Å². The summed E-state index contributed by atoms with van der Waals surface area (Å²) in [6.07, 6.45) is 5.86. The van der Waals surface area contributed by atoms with E-state index in [0.717, 1.165) is 33.5 Å². The second-order valence-electron chi connectivity index (χ2n) is 6.23. The van der Waals surface area contributed by atoms with Crippen LogP contribution in [0.3, 0.4) is 0 Å². The Hall–Kier alpha value is -3.41. The zero-order valence-corrected chi connectivity index (χ0v) is 14.6. The van der Waals surface area contributed by atoms with Crippen LogP contribution in [-0.4, -0.2) is 27.0 Å². The van der Waals surface area contributed by atoms with Gasteiger partial charge in [0.15, 0.2) is 0 Å². The molecule has 2 heterocycles. The summed E-state index contributed by atoms with van der Waals surface area (Å²) in [4.78, 5) is 3.33. The standard InChI is InChI=1S/C20H20N4O2/c1-24-12-13(10-22-24)20(23-14-3-5-15(25)6-4-14)18-11-21-19-8-7-16(26-2)9-17(18)19/h3-12,20-21,23,25H,1-2H3. The highest BCUT2D eigenvalue weighted by molar-refractivity contribution is 5.86. The van der Waals surface area contributed by atoms with Gasteiger partial charge in [-0.3, -0.25) is 4.68 Å². The van der Waals surface area contributed by atoms with Gasteiger partial charge in [-0.25, -0.2) is 0 Å². The number of methoxy groups -OCH3 is 1. The second kappa shape index (κ2) is 6.48. The topological polar surface area (TPSA) is 75.1 Å². The number of hydrogen-bond donors (Lipinski definition) is 3. The van der Waals surface area contributed by atoms with Crippen molar-refractivity contribution in [3.63, 3.8) is 0 Å². The summed E-state index contributed by atoms with van der Waals surface area (Å²) < 4.78 is 7.18. The third-order valence-electron chi connectivity index (χ3n) is 4.47. The Morgan fingerprint density at radius 2 is 2.00 bits per heavy atom. The Morgan fingerprint density at radius 3 is 2.69 bits per heavy atom. The lowest BCUT2D eigenvalue weighted by Gasteiger charge is -2.19. The molecule has 1 unspecified atom stereocenters. The number of phenolic OH excluding ortho intramolecular Hbond substituents is 1. The minimum Gasteiger partial charge on any atom is -0.508 e. The van der Waals surface area contributed by atoms with Crippen molar-refractivity contribution in [2.24, 2.45) is 7.05 Å². The molecule has 0 fully saturated rings. The molecular weight excluding hydrogens is 328 g/mol. The summed E-state index contributed by atoms with van der Waals surface area (Å²) >= 11 is 0. The van der Waals surface area contributed by atoms with Gasteiger partial charge < -0.3 is 20.1 Å². The van der Waals surface area contributed by atoms with E-state index in [0.29, 0.717) is 0 Å². The quantitative estimate of drug-likeness (QED) is 0.479. The molecule has 0 radical (unpaired) electrons. The molecule has 2 aromatic carbocycles. The van der Waals surface area contributed by atoms with Crippen molar-refractivity contribution in [3.8, 4) is 11.5 Å². The zero-order chi connectivity index (χ0) is 18.1. The Bertz CT molecular complexity index is 1030. The number of benzene rings is 2. The van der Waals surface area contributed by atoms with Crippen molar-refractivity contribution in [1.29, 1.82) is 0 Å². The smallest absolute Gasteiger partial charge is 0.119 e. The number of aromatic amines is 1. The van der Waals surface area contributed by atoms with Gasteiger partial charge in [0.25, 0.3) is 0 Å². The fourth-order valence-corrected chi connectivity index (χ4v) is 3.14. The molecule has 0 saturated heterocycles. The van der Waals surface area contributed by atoms with Crippen molar-refractivity contribution < 1.29 is 9.84 Å². The average molecular weight is 348 g/mol. The number of aryl methyl sites for hydroxylation is 1. The molecule has 0 aliphatic rings. The maximum Gasteiger partial charge on any atom is 0.119 e. The number of H-pyrrole nitrogens is 1. The van der Waals surface area contributed by atoms with Crippen LogP contribution in [0.4, 0.5) is 5.69 Å². The molecule has 4 aromatic rings. The Balaban J connectivity index is 1.81. The molecule has 0 amide bonds. The maximum atomic E-state index is 9.53. The molecule has 0 saturated carbocycles. The van der Waals surface area contributed by atoms with E-state index in [1.807, 2.05) is 56.0 Å². The maximum absolute atomic E-state index is 9.53. The van der Waals surface area contributed by atoms with E-state index in [9.17, 15) is 5.11 Å². The Kier molecular flexibility index (Phi) is 4.01. The lowest BCUT2D eigenvalue weighted by Crippen LogP contribution is -2.11. The van der Waals surface area contributed by atoms with Gasteiger partial charge in [0.05, 0.1) is 19.3 Å². The summed E-state index contributed by atoms with van der Waals surface area (Å²) in [6.45, 7) is 0. The Morgan fingerprint density at radius 1 is 1.19 bits per heavy atom. The highest BCUT2D eigenvalue weighted by Crippen LogP contribution is 2.33. The third kappa shape index (κ3) is 2.97. The summed E-state index contributed by atoms with van der Waals surface area (Å²) in [5, 5.41) is 18.5. The number of hydrogen-bond acceptors (Lipinski definition) is 4. The largest absolute Gasteiger partial charge is 0.508 e. The van der Waals surface area contributed by atoms with Gasteiger partial charge in [-0.05, 0) is 42.5 Å². The minimum absolute atomic E-state index is 0.103. The lowest BCUT2D eigenvalue weighted by atomic mass is 10.00. The predicted octanol–water partition coefficient (Wildman–Crippen LogP) is 3.82. The first-order chi connectivity index (χ1) is 12.6. The molecule has 0 aliphatic carbocycles. The SMILES string of the molecule is COc1ccc2[nH]cc(C(Nc3ccc(O)cc3)c3cnn(C)c3)c2c1. The summed E-state index contributed by atoms with van der Waals surface area (Å²) in [5.41, 5.74) is 4.10. The van der Waals surface area contributed by atoms with Crippen LogP contribution in [0.5, 0.6) is 11.5 Å². The van der Waals surface area contributed by atoms with Crippen molar-refractivity contribution in [1.82, 2.24) is 14.8 Å². The number of rotatable bonds is 5. The first kappa shape index (κ1) is 16.1. The zero-order valence-electron chi connectivity index (χ0n) is 14.6. The van der Waals surface area contributed by atoms with Gasteiger partial charge in [0.1, 0.15) is 11.5 Å². The van der Waals surface area contributed by atoms with Crippen LogP contribution in [0.2, 0.25) is 0 Å². The first-order valence-electron chi connectivity index (χ1n) is 8.33. The van der Waals surface area contributed by atoms with Crippen molar-refractivity contribution in [3.05, 3.63) is 72.2 Å². The second-order valence-corrected chi connectivity index (χ2v) is 6.23. The van der Waals surface area contributed by atoms with Crippen LogP contribution in [0, 0.1) is 0 Å². The van der Waals surface area contributed by atoms with E-state index in [2.05, 4.69) is 15.4 Å². The van der Waals surface area contributed by atoms with E-state index in [-0.39, 0.29) is 11.8 Å². The van der Waals surface area contributed by atoms with Gasteiger partial charge >= 0.3 is 0 Å². The molecule has 132 valence electrons. The highest BCUT2D eigenvalue weighted by atomic mass is 16.5. The van der Waals surface area contributed by atoms with Gasteiger partial charge in [-0.1, -0.05) is 0 Å². The predicted molar refractivity (Wildman–Crippen MR) is 102 cm³/mol. The van der Waals surface area contributed by atoms with Crippen molar-refractivity contribution >= 4 is 16.6 Å². The minimum atomic E-state index is -0.103. The van der Waals surface area contributed by atoms with Crippen LogP contribution >= 0.6 is 0 Å². The third-order valence-corrected chi connectivity index (χ3v) is 4.47. The van der Waals surface area contributed by atoms with Crippen molar-refractivity contribution in [2.75, 3.05) is 12.4 Å². The van der Waals surface area contributed by atoms with E-state index in [4.69, 9.17) is 4.74 Å². The summed E-state index contributed by atoms with van der Waals surface area (Å²) in [5.74, 6) is 1.05. The molecule has 1 atom stereocenters. The van der Waals surface area contributed by atoms with Crippen molar-refractivity contribution in [2.45, 2.75) is 6.04 Å². The van der Waals surface area contributed by atoms with Crippen LogP contribution < -0.4 is 10.1 Å². The molecular formula is C20H20N4O2. The number of phenols is 1. The lowest BCUT2D eigenvalue weighted by molar-refractivity contribution is 0.415. The number of ether oxygens (including phenoxy) is 1. The van der Waals surface area contributed by atoms with Gasteiger partial charge in [0.2, 0.25) is 0 Å². The molecule has 6 nitrogen and oxygen atoms in total. The monoisotopic (exact) mass is 348 g/mol. The summed E-state index contributed by atoms with van der Waals surface area (Å²) in [7, 11) is 3.57. The van der Waals surface area contributed by atoms with E-state index in [1.54, 1.807) is 23.9 Å². The summed E-state index contributed by atoms with van der Waals surface area (Å²) in [6, 6.07) is 12.9. The van der Waals surface area contributed by atoms with Crippen LogP contribution in [0.25, 0.3) is 10.9 Å². The molecule has 6 heteroatoms. The molecule has 26 heavy (non-hydrogen) atoms. The molecule has 0 spiro atoms. The number of nitrogens with zero attached hydrogens (tertiary/aromatic N) is 2. The van der Waals surface area contributed by atoms with E-state index >= 15 is 0 Å². The van der Waals surface area contributed by atoms with E-state index in [1.165, 1.54) is 0 Å². The van der Waals surface area contributed by atoms with Crippen LogP contribution in [0.15, 0.2) is 61.1 Å². The Labute approximate surface area is 151 Å². The molecule has 2 aromatic heterocycles. The molecule has 0 bridgehead atoms. The molecule has 3 N–H and O–H groups in total. The molecule has 0 aliphatic heterocycles. The number of anilines is 1. The fraction of sp³-hybridized carbons (Fsp3) is 0.150. The number of fused-ring (bicyclic) bond motifs is 1. The van der Waals surface area contributed by atoms with E-state index < -0.39 is 0 Å². The number of nitrogens with one attached hydrogen (secondary N) is 2. The number of aromatic hydroxyl groups is 1. The normalized spacial score (nSPS) is 12.2. The van der Waals surface area contributed by atoms with Gasteiger partial charge in [-0.2, -0.15) is 5.10 Å². The van der Waals surface area contributed by atoms with Gasteiger partial charge in [0, 0.05) is 47.2 Å². The van der Waals surface area contributed by atoms with Crippen LogP contribution in [0.1, 0.15) is 17.2 Å². The average Bonchev–Trinajstić information content (AvgIpc) is 3.27.